The number of nitro benzene ring substituents is 1. The molecule has 0 amide bonds. The Kier molecular flexibility index (Phi) is 4.70. The summed E-state index contributed by atoms with van der Waals surface area (Å²) in [7, 11) is 0. The first-order chi connectivity index (χ1) is 11.0. The number of nitrogens with zero attached hydrogens (tertiary/aromatic N) is 3. The van der Waals surface area contributed by atoms with Crippen molar-refractivity contribution in [2.75, 3.05) is 0 Å². The summed E-state index contributed by atoms with van der Waals surface area (Å²) in [5, 5.41) is 11.6. The van der Waals surface area contributed by atoms with E-state index < -0.39 is 11.0 Å². The third-order valence-corrected chi connectivity index (χ3v) is 4.59. The average Bonchev–Trinajstić information content (AvgIpc) is 3.31. The van der Waals surface area contributed by atoms with Crippen LogP contribution in [0.3, 0.4) is 0 Å². The van der Waals surface area contributed by atoms with Crippen molar-refractivity contribution < 1.29 is 9.66 Å². The number of hydrogen-bond acceptors (Lipinski definition) is 5. The molecule has 0 N–H and O–H groups in total. The molecule has 3 rings (SSSR count). The van der Waals surface area contributed by atoms with E-state index in [4.69, 9.17) is 27.9 Å². The molecule has 1 saturated carbocycles. The van der Waals surface area contributed by atoms with Gasteiger partial charge in [-0.1, -0.05) is 39.1 Å². The summed E-state index contributed by atoms with van der Waals surface area (Å²) in [6.07, 6.45) is 2.60. The van der Waals surface area contributed by atoms with Gasteiger partial charge >= 0.3 is 5.69 Å². The summed E-state index contributed by atoms with van der Waals surface area (Å²) in [5.41, 5.74) is 0.338. The Hall–Kier alpha value is -1.44. The van der Waals surface area contributed by atoms with Crippen molar-refractivity contribution >= 4 is 44.8 Å². The number of rotatable bonds is 5. The summed E-state index contributed by atoms with van der Waals surface area (Å²) in [6.45, 7) is 0. The molecular weight excluding hydrogens is 409 g/mol. The molecule has 1 aromatic heterocycles. The topological polar surface area (TPSA) is 78.2 Å². The standard InChI is InChI=1S/C14H10BrCl2N3O3/c15-8-3-4-10(9(5-8)20(21)22)23-12(7-1-2-7)11-13(16)18-6-19-14(11)17/h3-7,12H,1-2H2. The third kappa shape index (κ3) is 3.57. The largest absolute Gasteiger partial charge is 0.478 e. The van der Waals surface area contributed by atoms with Gasteiger partial charge in [-0.2, -0.15) is 0 Å². The summed E-state index contributed by atoms with van der Waals surface area (Å²) in [5.74, 6) is 0.338. The fourth-order valence-corrected chi connectivity index (χ4v) is 3.13. The van der Waals surface area contributed by atoms with E-state index in [0.29, 0.717) is 10.0 Å². The summed E-state index contributed by atoms with van der Waals surface area (Å²) in [4.78, 5) is 18.6. The molecule has 0 saturated heterocycles. The first-order valence-electron chi connectivity index (χ1n) is 6.74. The highest BCUT2D eigenvalue weighted by Gasteiger charge is 2.38. The Balaban J connectivity index is 2.00. The lowest BCUT2D eigenvalue weighted by molar-refractivity contribution is -0.386. The van der Waals surface area contributed by atoms with E-state index in [0.717, 1.165) is 12.8 Å². The van der Waals surface area contributed by atoms with E-state index in [9.17, 15) is 10.1 Å². The highest BCUT2D eigenvalue weighted by atomic mass is 79.9. The van der Waals surface area contributed by atoms with Crippen molar-refractivity contribution in [3.8, 4) is 5.75 Å². The molecule has 1 aromatic carbocycles. The average molecular weight is 419 g/mol. The molecular formula is C14H10BrCl2N3O3. The fourth-order valence-electron chi connectivity index (χ4n) is 2.25. The Bertz CT molecular complexity index is 751. The molecule has 1 aliphatic rings. The van der Waals surface area contributed by atoms with Crippen molar-refractivity contribution in [3.05, 3.63) is 55.0 Å². The number of nitro groups is 1. The van der Waals surface area contributed by atoms with Crippen LogP contribution in [0.1, 0.15) is 24.5 Å². The highest BCUT2D eigenvalue weighted by Crippen LogP contribution is 2.47. The van der Waals surface area contributed by atoms with E-state index in [2.05, 4.69) is 25.9 Å². The Morgan fingerprint density at radius 3 is 2.52 bits per heavy atom. The van der Waals surface area contributed by atoms with Crippen LogP contribution in [0.2, 0.25) is 10.3 Å². The second kappa shape index (κ2) is 6.59. The zero-order chi connectivity index (χ0) is 16.6. The minimum absolute atomic E-state index is 0.130. The maximum atomic E-state index is 11.2. The first kappa shape index (κ1) is 16.4. The molecule has 6 nitrogen and oxygen atoms in total. The van der Waals surface area contributed by atoms with Gasteiger partial charge < -0.3 is 4.74 Å². The van der Waals surface area contributed by atoms with Crippen LogP contribution in [-0.2, 0) is 0 Å². The smallest absolute Gasteiger partial charge is 0.312 e. The van der Waals surface area contributed by atoms with E-state index in [-0.39, 0.29) is 27.7 Å². The minimum Gasteiger partial charge on any atom is -0.478 e. The van der Waals surface area contributed by atoms with Crippen molar-refractivity contribution in [2.24, 2.45) is 5.92 Å². The van der Waals surface area contributed by atoms with Gasteiger partial charge in [-0.05, 0) is 25.0 Å². The van der Waals surface area contributed by atoms with Crippen molar-refractivity contribution in [2.45, 2.75) is 18.9 Å². The van der Waals surface area contributed by atoms with Crippen LogP contribution in [0.5, 0.6) is 5.75 Å². The SMILES string of the molecule is O=[N+]([O-])c1cc(Br)ccc1OC(c1c(Cl)ncnc1Cl)C1CC1. The molecule has 23 heavy (non-hydrogen) atoms. The van der Waals surface area contributed by atoms with Gasteiger partial charge in [-0.15, -0.1) is 0 Å². The quantitative estimate of drug-likeness (QED) is 0.388. The van der Waals surface area contributed by atoms with Gasteiger partial charge in [0.25, 0.3) is 0 Å². The van der Waals surface area contributed by atoms with E-state index in [1.807, 2.05) is 0 Å². The molecule has 1 fully saturated rings. The molecule has 2 aromatic rings. The summed E-state index contributed by atoms with van der Waals surface area (Å²) >= 11 is 15.5. The normalized spacial score (nSPS) is 15.3. The Morgan fingerprint density at radius 2 is 1.96 bits per heavy atom. The zero-order valence-electron chi connectivity index (χ0n) is 11.6. The molecule has 1 unspecified atom stereocenters. The van der Waals surface area contributed by atoms with Gasteiger partial charge in [-0.25, -0.2) is 9.97 Å². The van der Waals surface area contributed by atoms with Gasteiger partial charge in [0.2, 0.25) is 0 Å². The van der Waals surface area contributed by atoms with Crippen LogP contribution >= 0.6 is 39.1 Å². The van der Waals surface area contributed by atoms with Gasteiger partial charge in [0.1, 0.15) is 22.7 Å². The van der Waals surface area contributed by atoms with Crippen LogP contribution in [0, 0.1) is 16.0 Å². The maximum Gasteiger partial charge on any atom is 0.312 e. The predicted octanol–water partition coefficient (Wildman–Crippen LogP) is 4.98. The molecule has 1 heterocycles. The van der Waals surface area contributed by atoms with E-state index in [1.54, 1.807) is 12.1 Å². The van der Waals surface area contributed by atoms with Crippen LogP contribution in [-0.4, -0.2) is 14.9 Å². The molecule has 0 bridgehead atoms. The van der Waals surface area contributed by atoms with Crippen LogP contribution in [0.4, 0.5) is 5.69 Å². The van der Waals surface area contributed by atoms with Gasteiger partial charge in [-0.3, -0.25) is 10.1 Å². The molecule has 0 aliphatic heterocycles. The number of hydrogen-bond donors (Lipinski definition) is 0. The predicted molar refractivity (Wildman–Crippen MR) is 88.9 cm³/mol. The van der Waals surface area contributed by atoms with Crippen LogP contribution in [0.25, 0.3) is 0 Å². The van der Waals surface area contributed by atoms with Crippen molar-refractivity contribution in [1.82, 2.24) is 9.97 Å². The molecule has 0 spiro atoms. The minimum atomic E-state index is -0.518. The van der Waals surface area contributed by atoms with Crippen LogP contribution in [0.15, 0.2) is 29.0 Å². The molecule has 1 atom stereocenters. The van der Waals surface area contributed by atoms with E-state index in [1.165, 1.54) is 12.4 Å². The summed E-state index contributed by atoms with van der Waals surface area (Å²) < 4.78 is 6.52. The van der Waals surface area contributed by atoms with Gasteiger partial charge in [0, 0.05) is 16.5 Å². The number of benzene rings is 1. The molecule has 0 radical (unpaired) electrons. The van der Waals surface area contributed by atoms with Crippen molar-refractivity contribution in [3.63, 3.8) is 0 Å². The maximum absolute atomic E-state index is 11.2. The molecule has 1 aliphatic carbocycles. The Labute approximate surface area is 150 Å². The second-order valence-electron chi connectivity index (χ2n) is 5.11. The van der Waals surface area contributed by atoms with Gasteiger partial charge in [0.15, 0.2) is 5.75 Å². The van der Waals surface area contributed by atoms with Crippen LogP contribution < -0.4 is 4.74 Å². The molecule has 120 valence electrons. The third-order valence-electron chi connectivity index (χ3n) is 3.49. The highest BCUT2D eigenvalue weighted by molar-refractivity contribution is 9.10. The lowest BCUT2D eigenvalue weighted by atomic mass is 10.1. The number of ether oxygens (including phenoxy) is 1. The number of aromatic nitrogens is 2. The monoisotopic (exact) mass is 417 g/mol. The first-order valence-corrected chi connectivity index (χ1v) is 8.28. The zero-order valence-corrected chi connectivity index (χ0v) is 14.7. The Morgan fingerprint density at radius 1 is 1.30 bits per heavy atom. The van der Waals surface area contributed by atoms with Gasteiger partial charge in [0.05, 0.1) is 10.5 Å². The lowest BCUT2D eigenvalue weighted by Crippen LogP contribution is -2.13. The number of halogens is 3. The van der Waals surface area contributed by atoms with E-state index >= 15 is 0 Å². The lowest BCUT2D eigenvalue weighted by Gasteiger charge is -2.20. The van der Waals surface area contributed by atoms with Crippen molar-refractivity contribution in [1.29, 1.82) is 0 Å². The molecule has 9 heteroatoms. The fraction of sp³-hybridized carbons (Fsp3) is 0.286. The second-order valence-corrected chi connectivity index (χ2v) is 6.75. The summed E-state index contributed by atoms with van der Waals surface area (Å²) in [6, 6.07) is 4.62.